The van der Waals surface area contributed by atoms with Crippen molar-refractivity contribution < 1.29 is 41.6 Å². The molecule has 0 saturated heterocycles. The maximum Gasteiger partial charge on any atom is 0.488 e. The minimum absolute atomic E-state index is 0.0488. The molecule has 13 heteroatoms. The molecule has 2 amide bonds. The molecule has 1 aliphatic rings. The van der Waals surface area contributed by atoms with E-state index in [2.05, 4.69) is 10.6 Å². The largest absolute Gasteiger partial charge is 0.488 e. The van der Waals surface area contributed by atoms with E-state index in [1.165, 1.54) is 6.07 Å². The molecule has 4 N–H and O–H groups in total. The maximum absolute atomic E-state index is 13.9. The molecule has 6 nitrogen and oxygen atoms in total. The third kappa shape index (κ3) is 4.85. The molecule has 0 saturated carbocycles. The smallest absolute Gasteiger partial charge is 0.423 e. The van der Waals surface area contributed by atoms with Gasteiger partial charge in [0.05, 0.1) is 11.6 Å². The van der Waals surface area contributed by atoms with Crippen LogP contribution in [0.3, 0.4) is 0 Å². The summed E-state index contributed by atoms with van der Waals surface area (Å²) in [5, 5.41) is 24.1. The summed E-state index contributed by atoms with van der Waals surface area (Å²) in [6, 6.07) is 5.72. The number of amides is 2. The molecular formula is C22H13BClF5N2O4. The van der Waals surface area contributed by atoms with Crippen LogP contribution in [0.4, 0.5) is 27.6 Å². The molecule has 0 aromatic heterocycles. The number of carbonyl (C=O) groups excluding carboxylic acids is 2. The average Bonchev–Trinajstić information content (AvgIpc) is 3.11. The Hall–Kier alpha value is -3.48. The Morgan fingerprint density at radius 2 is 1.74 bits per heavy atom. The van der Waals surface area contributed by atoms with Gasteiger partial charge in [-0.15, -0.1) is 0 Å². The number of alkyl halides is 3. The van der Waals surface area contributed by atoms with E-state index < -0.39 is 53.9 Å². The van der Waals surface area contributed by atoms with E-state index in [0.717, 1.165) is 24.3 Å². The van der Waals surface area contributed by atoms with Gasteiger partial charge >= 0.3 is 13.3 Å². The molecule has 1 heterocycles. The first-order valence-corrected chi connectivity index (χ1v) is 10.2. The highest BCUT2D eigenvalue weighted by molar-refractivity contribution is 6.59. The van der Waals surface area contributed by atoms with Gasteiger partial charge in [0, 0.05) is 33.0 Å². The molecule has 4 rings (SSSR count). The van der Waals surface area contributed by atoms with E-state index in [4.69, 9.17) is 11.6 Å². The highest BCUT2D eigenvalue weighted by Crippen LogP contribution is 2.39. The number of anilines is 1. The van der Waals surface area contributed by atoms with Gasteiger partial charge in [0.25, 0.3) is 11.8 Å². The molecule has 180 valence electrons. The number of carbonyl (C=O) groups is 2. The quantitative estimate of drug-likeness (QED) is 0.319. The SMILES string of the molecule is O=C(Nc1cc(B(O)O)cc2c1C(c1cc(F)ccc1Cl)NC2=O)c1cc(F)cc(C(F)(F)F)c1. The van der Waals surface area contributed by atoms with E-state index >= 15 is 0 Å². The Kier molecular flexibility index (Phi) is 6.30. The monoisotopic (exact) mass is 510 g/mol. The summed E-state index contributed by atoms with van der Waals surface area (Å²) in [5.74, 6) is -3.88. The van der Waals surface area contributed by atoms with Gasteiger partial charge in [0.15, 0.2) is 0 Å². The van der Waals surface area contributed by atoms with Gasteiger partial charge < -0.3 is 20.7 Å². The molecule has 0 fully saturated rings. The molecule has 1 aliphatic heterocycles. The minimum Gasteiger partial charge on any atom is -0.423 e. The van der Waals surface area contributed by atoms with Crippen molar-refractivity contribution >= 4 is 41.7 Å². The van der Waals surface area contributed by atoms with Crippen molar-refractivity contribution in [1.82, 2.24) is 5.32 Å². The molecular weight excluding hydrogens is 498 g/mol. The number of hydrogen-bond acceptors (Lipinski definition) is 4. The molecule has 35 heavy (non-hydrogen) atoms. The Balaban J connectivity index is 1.83. The lowest BCUT2D eigenvalue weighted by Crippen LogP contribution is -2.31. The Morgan fingerprint density at radius 3 is 2.40 bits per heavy atom. The molecule has 0 bridgehead atoms. The topological polar surface area (TPSA) is 98.7 Å². The lowest BCUT2D eigenvalue weighted by Gasteiger charge is -2.19. The summed E-state index contributed by atoms with van der Waals surface area (Å²) < 4.78 is 66.9. The van der Waals surface area contributed by atoms with Crippen LogP contribution in [0.15, 0.2) is 48.5 Å². The Bertz CT molecular complexity index is 1370. The molecule has 1 atom stereocenters. The van der Waals surface area contributed by atoms with Crippen molar-refractivity contribution in [3.63, 3.8) is 0 Å². The number of nitrogens with one attached hydrogen (secondary N) is 2. The molecule has 0 aliphatic carbocycles. The zero-order valence-corrected chi connectivity index (χ0v) is 18.0. The number of benzene rings is 3. The van der Waals surface area contributed by atoms with Crippen molar-refractivity contribution in [2.75, 3.05) is 5.32 Å². The number of rotatable bonds is 4. The van der Waals surface area contributed by atoms with Crippen molar-refractivity contribution in [2.45, 2.75) is 12.2 Å². The summed E-state index contributed by atoms with van der Waals surface area (Å²) >= 11 is 6.17. The van der Waals surface area contributed by atoms with Crippen LogP contribution >= 0.6 is 11.6 Å². The maximum atomic E-state index is 13.9. The van der Waals surface area contributed by atoms with Crippen molar-refractivity contribution in [3.05, 3.63) is 93.0 Å². The average molecular weight is 511 g/mol. The van der Waals surface area contributed by atoms with Crippen LogP contribution in [-0.4, -0.2) is 29.0 Å². The third-order valence-electron chi connectivity index (χ3n) is 5.31. The molecule has 0 radical (unpaired) electrons. The predicted molar refractivity (Wildman–Crippen MR) is 116 cm³/mol. The normalized spacial score (nSPS) is 15.0. The number of halogens is 6. The third-order valence-corrected chi connectivity index (χ3v) is 5.66. The zero-order valence-electron chi connectivity index (χ0n) is 17.3. The summed E-state index contributed by atoms with van der Waals surface area (Å²) in [6.45, 7) is 0. The van der Waals surface area contributed by atoms with Gasteiger partial charge in [-0.05, 0) is 54.0 Å². The predicted octanol–water partition coefficient (Wildman–Crippen LogP) is 3.40. The van der Waals surface area contributed by atoms with Gasteiger partial charge in [0.1, 0.15) is 11.6 Å². The Morgan fingerprint density at radius 1 is 1.03 bits per heavy atom. The highest BCUT2D eigenvalue weighted by Gasteiger charge is 2.36. The first-order chi connectivity index (χ1) is 16.3. The van der Waals surface area contributed by atoms with Crippen LogP contribution < -0.4 is 16.1 Å². The van der Waals surface area contributed by atoms with Crippen LogP contribution in [0.5, 0.6) is 0 Å². The lowest BCUT2D eigenvalue weighted by molar-refractivity contribution is -0.137. The molecule has 3 aromatic carbocycles. The second kappa shape index (κ2) is 8.95. The van der Waals surface area contributed by atoms with Crippen molar-refractivity contribution in [1.29, 1.82) is 0 Å². The fourth-order valence-electron chi connectivity index (χ4n) is 3.76. The van der Waals surface area contributed by atoms with Gasteiger partial charge in [-0.2, -0.15) is 13.2 Å². The fourth-order valence-corrected chi connectivity index (χ4v) is 3.98. The van der Waals surface area contributed by atoms with Crippen LogP contribution in [0.25, 0.3) is 0 Å². The van der Waals surface area contributed by atoms with Gasteiger partial charge in [-0.3, -0.25) is 9.59 Å². The van der Waals surface area contributed by atoms with Crippen molar-refractivity contribution in [3.8, 4) is 0 Å². The molecule has 1 unspecified atom stereocenters. The second-order valence-corrected chi connectivity index (χ2v) is 8.06. The number of fused-ring (bicyclic) bond motifs is 1. The second-order valence-electron chi connectivity index (χ2n) is 7.66. The summed E-state index contributed by atoms with van der Waals surface area (Å²) in [6.07, 6.45) is -4.92. The first kappa shape index (κ1) is 24.6. The standard InChI is InChI=1S/C22H13BClF5N2O4/c24-16-2-1-12(25)8-14(16)19-18-15(21(33)31-19)6-11(23(34)35)7-17(18)30-20(32)9-3-10(22(27,28)29)5-13(26)4-9/h1-8,19,34-35H,(H,30,32)(H,31,33). The summed E-state index contributed by atoms with van der Waals surface area (Å²) in [7, 11) is -2.08. The van der Waals surface area contributed by atoms with Gasteiger partial charge in [0.2, 0.25) is 0 Å². The fraction of sp³-hybridized carbons (Fsp3) is 0.0909. The zero-order chi connectivity index (χ0) is 25.7. The minimum atomic E-state index is -4.92. The van der Waals surface area contributed by atoms with Crippen LogP contribution in [0.1, 0.15) is 43.4 Å². The van der Waals surface area contributed by atoms with Crippen LogP contribution in [-0.2, 0) is 6.18 Å². The summed E-state index contributed by atoms with van der Waals surface area (Å²) in [5.41, 5.74) is -2.48. The Labute approximate surface area is 199 Å². The summed E-state index contributed by atoms with van der Waals surface area (Å²) in [4.78, 5) is 25.4. The van der Waals surface area contributed by atoms with Gasteiger partial charge in [-0.1, -0.05) is 11.6 Å². The highest BCUT2D eigenvalue weighted by atomic mass is 35.5. The molecule has 0 spiro atoms. The van der Waals surface area contributed by atoms with E-state index in [1.807, 2.05) is 0 Å². The van der Waals surface area contributed by atoms with Crippen LogP contribution in [0.2, 0.25) is 5.02 Å². The molecule has 3 aromatic rings. The van der Waals surface area contributed by atoms with E-state index in [0.29, 0.717) is 12.1 Å². The van der Waals surface area contributed by atoms with E-state index in [-0.39, 0.29) is 38.9 Å². The van der Waals surface area contributed by atoms with Crippen LogP contribution in [0, 0.1) is 11.6 Å². The van der Waals surface area contributed by atoms with E-state index in [9.17, 15) is 41.6 Å². The van der Waals surface area contributed by atoms with E-state index in [1.54, 1.807) is 0 Å². The lowest BCUT2D eigenvalue weighted by atomic mass is 9.78. The van der Waals surface area contributed by atoms with Gasteiger partial charge in [-0.25, -0.2) is 8.78 Å². The first-order valence-electron chi connectivity index (χ1n) is 9.84. The van der Waals surface area contributed by atoms with Crippen molar-refractivity contribution in [2.24, 2.45) is 0 Å². The number of hydrogen-bond donors (Lipinski definition) is 4.